The minimum absolute atomic E-state index is 0.0231. The number of aromatic nitrogens is 2. The predicted molar refractivity (Wildman–Crippen MR) is 61.4 cm³/mol. The number of carbonyl (C=O) groups excluding carboxylic acids is 2. The highest BCUT2D eigenvalue weighted by molar-refractivity contribution is 5.78. The van der Waals surface area contributed by atoms with Gasteiger partial charge in [0.25, 0.3) is 0 Å². The molecule has 0 fully saturated rings. The molecule has 98 valence electrons. The van der Waals surface area contributed by atoms with Crippen molar-refractivity contribution in [2.24, 2.45) is 5.73 Å². The Morgan fingerprint density at radius 2 is 1.89 bits per heavy atom. The lowest BCUT2D eigenvalue weighted by atomic mass is 10.2. The van der Waals surface area contributed by atoms with Crippen molar-refractivity contribution in [1.82, 2.24) is 9.97 Å². The van der Waals surface area contributed by atoms with Gasteiger partial charge in [0.05, 0.1) is 12.5 Å². The molecule has 1 atom stereocenters. The lowest BCUT2D eigenvalue weighted by Crippen LogP contribution is -2.35. The minimum atomic E-state index is -1.13. The van der Waals surface area contributed by atoms with Gasteiger partial charge >= 0.3 is 12.1 Å². The number of carbonyl (C=O) groups is 2. The van der Waals surface area contributed by atoms with Gasteiger partial charge in [-0.15, -0.1) is 0 Å². The minimum Gasteiger partial charge on any atom is -0.460 e. The molecule has 0 spiro atoms. The van der Waals surface area contributed by atoms with Crippen LogP contribution in [0.4, 0.5) is 4.79 Å². The van der Waals surface area contributed by atoms with Crippen LogP contribution in [-0.2, 0) is 20.7 Å². The quantitative estimate of drug-likeness (QED) is 0.763. The highest BCUT2D eigenvalue weighted by Gasteiger charge is 2.26. The normalized spacial score (nSPS) is 11.9. The molecule has 0 saturated heterocycles. The van der Waals surface area contributed by atoms with Crippen LogP contribution in [0.2, 0.25) is 0 Å². The molecule has 0 aliphatic heterocycles. The topological polar surface area (TPSA) is 104 Å². The Balaban J connectivity index is 2.72. The van der Waals surface area contributed by atoms with Gasteiger partial charge in [-0.1, -0.05) is 0 Å². The van der Waals surface area contributed by atoms with Crippen LogP contribution < -0.4 is 5.73 Å². The first-order valence-corrected chi connectivity index (χ1v) is 5.41. The van der Waals surface area contributed by atoms with Crippen molar-refractivity contribution < 1.29 is 19.1 Å². The van der Waals surface area contributed by atoms with Crippen molar-refractivity contribution in [3.63, 3.8) is 0 Å². The third-order valence-corrected chi connectivity index (χ3v) is 1.86. The van der Waals surface area contributed by atoms with Crippen LogP contribution in [0.1, 0.15) is 19.7 Å². The second kappa shape index (κ2) is 6.53. The van der Waals surface area contributed by atoms with Gasteiger partial charge in [0.1, 0.15) is 5.82 Å². The summed E-state index contributed by atoms with van der Waals surface area (Å²) in [6.45, 7) is 3.39. The highest BCUT2D eigenvalue weighted by Crippen LogP contribution is 2.05. The zero-order valence-electron chi connectivity index (χ0n) is 10.2. The van der Waals surface area contributed by atoms with Gasteiger partial charge in [0.15, 0.2) is 0 Å². The highest BCUT2D eigenvalue weighted by atomic mass is 16.6. The summed E-state index contributed by atoms with van der Waals surface area (Å²) in [5.41, 5.74) is 4.91. The zero-order valence-corrected chi connectivity index (χ0v) is 10.2. The second-order valence-electron chi connectivity index (χ2n) is 3.78. The van der Waals surface area contributed by atoms with Crippen LogP contribution in [0.15, 0.2) is 18.5 Å². The van der Waals surface area contributed by atoms with E-state index in [9.17, 15) is 9.59 Å². The molecule has 7 nitrogen and oxygen atoms in total. The van der Waals surface area contributed by atoms with Crippen molar-refractivity contribution in [2.45, 2.75) is 32.5 Å². The molecule has 0 aromatic carbocycles. The zero-order chi connectivity index (χ0) is 13.5. The van der Waals surface area contributed by atoms with Crippen LogP contribution in [0.3, 0.4) is 0 Å². The van der Waals surface area contributed by atoms with E-state index < -0.39 is 18.2 Å². The summed E-state index contributed by atoms with van der Waals surface area (Å²) in [4.78, 5) is 30.3. The molecule has 0 aliphatic carbocycles. The van der Waals surface area contributed by atoms with Crippen LogP contribution >= 0.6 is 0 Å². The Bertz CT molecular complexity index is 408. The average molecular weight is 253 g/mol. The van der Waals surface area contributed by atoms with E-state index >= 15 is 0 Å². The third kappa shape index (κ3) is 4.77. The van der Waals surface area contributed by atoms with Gasteiger partial charge < -0.3 is 15.2 Å². The fraction of sp³-hybridized carbons (Fsp3) is 0.455. The summed E-state index contributed by atoms with van der Waals surface area (Å²) >= 11 is 0. The number of nitrogens with two attached hydrogens (primary N) is 1. The van der Waals surface area contributed by atoms with E-state index in [0.29, 0.717) is 5.82 Å². The number of primary amides is 1. The summed E-state index contributed by atoms with van der Waals surface area (Å²) < 4.78 is 9.66. The number of hydrogen-bond donors (Lipinski definition) is 1. The van der Waals surface area contributed by atoms with Gasteiger partial charge in [0, 0.05) is 12.4 Å². The van der Waals surface area contributed by atoms with Crippen LogP contribution in [-0.4, -0.2) is 34.2 Å². The number of ether oxygens (including phenoxy) is 2. The number of nitrogens with zero attached hydrogens (tertiary/aromatic N) is 2. The first kappa shape index (κ1) is 13.9. The SMILES string of the molecule is CC(C)OC(=O)C(Cc1ncccn1)OC(N)=O. The summed E-state index contributed by atoms with van der Waals surface area (Å²) in [5, 5.41) is 0. The Labute approximate surface area is 104 Å². The maximum absolute atomic E-state index is 11.7. The summed E-state index contributed by atoms with van der Waals surface area (Å²) in [5.74, 6) is -0.305. The van der Waals surface area contributed by atoms with E-state index in [4.69, 9.17) is 15.2 Å². The van der Waals surface area contributed by atoms with Gasteiger partial charge in [-0.25, -0.2) is 19.6 Å². The van der Waals surface area contributed by atoms with Crippen molar-refractivity contribution in [1.29, 1.82) is 0 Å². The predicted octanol–water partition coefficient (Wildman–Crippen LogP) is 0.435. The standard InChI is InChI=1S/C11H15N3O4/c1-7(2)17-10(15)8(18-11(12)16)6-9-13-4-3-5-14-9/h3-5,7-8H,6H2,1-2H3,(H2,12,16). The lowest BCUT2D eigenvalue weighted by Gasteiger charge is -2.16. The Hall–Kier alpha value is -2.18. The van der Waals surface area contributed by atoms with Crippen molar-refractivity contribution >= 4 is 12.1 Å². The molecule has 2 N–H and O–H groups in total. The molecule has 0 saturated carbocycles. The number of rotatable bonds is 5. The molecule has 1 aromatic rings. The molecule has 1 amide bonds. The van der Waals surface area contributed by atoms with Gasteiger partial charge in [-0.2, -0.15) is 0 Å². The molecular formula is C11H15N3O4. The molecule has 0 bridgehead atoms. The van der Waals surface area contributed by atoms with Gasteiger partial charge in [-0.3, -0.25) is 0 Å². The molecule has 1 heterocycles. The summed E-state index contributed by atoms with van der Waals surface area (Å²) in [6.07, 6.45) is 0.585. The van der Waals surface area contributed by atoms with E-state index in [0.717, 1.165) is 0 Å². The maximum Gasteiger partial charge on any atom is 0.405 e. The third-order valence-electron chi connectivity index (χ3n) is 1.86. The van der Waals surface area contributed by atoms with Crippen molar-refractivity contribution in [3.8, 4) is 0 Å². The summed E-state index contributed by atoms with van der Waals surface area (Å²) in [6, 6.07) is 1.64. The number of amides is 1. The lowest BCUT2D eigenvalue weighted by molar-refractivity contribution is -0.157. The smallest absolute Gasteiger partial charge is 0.405 e. The maximum atomic E-state index is 11.7. The van der Waals surface area contributed by atoms with Gasteiger partial charge in [-0.05, 0) is 19.9 Å². The fourth-order valence-electron chi connectivity index (χ4n) is 1.22. The van der Waals surface area contributed by atoms with E-state index in [-0.39, 0.29) is 12.5 Å². The van der Waals surface area contributed by atoms with E-state index in [2.05, 4.69) is 9.97 Å². The summed E-state index contributed by atoms with van der Waals surface area (Å²) in [7, 11) is 0. The average Bonchev–Trinajstić information content (AvgIpc) is 2.28. The molecule has 0 radical (unpaired) electrons. The Morgan fingerprint density at radius 3 is 2.39 bits per heavy atom. The molecule has 1 unspecified atom stereocenters. The molecule has 1 rings (SSSR count). The Kier molecular flexibility index (Phi) is 5.04. The van der Waals surface area contributed by atoms with Crippen LogP contribution in [0.5, 0.6) is 0 Å². The number of hydrogen-bond acceptors (Lipinski definition) is 6. The van der Waals surface area contributed by atoms with E-state index in [1.165, 1.54) is 12.4 Å². The van der Waals surface area contributed by atoms with Gasteiger partial charge in [0.2, 0.25) is 6.10 Å². The van der Waals surface area contributed by atoms with E-state index in [1.54, 1.807) is 19.9 Å². The molecular weight excluding hydrogens is 238 g/mol. The van der Waals surface area contributed by atoms with E-state index in [1.807, 2.05) is 0 Å². The van der Waals surface area contributed by atoms with Crippen LogP contribution in [0, 0.1) is 0 Å². The second-order valence-corrected chi connectivity index (χ2v) is 3.78. The first-order chi connectivity index (χ1) is 8.49. The molecule has 0 aliphatic rings. The molecule has 18 heavy (non-hydrogen) atoms. The fourth-order valence-corrected chi connectivity index (χ4v) is 1.22. The van der Waals surface area contributed by atoms with Crippen molar-refractivity contribution in [3.05, 3.63) is 24.3 Å². The van der Waals surface area contributed by atoms with Crippen LogP contribution in [0.25, 0.3) is 0 Å². The first-order valence-electron chi connectivity index (χ1n) is 5.41. The Morgan fingerprint density at radius 1 is 1.28 bits per heavy atom. The number of esters is 1. The van der Waals surface area contributed by atoms with Crippen molar-refractivity contribution in [2.75, 3.05) is 0 Å². The largest absolute Gasteiger partial charge is 0.460 e. The molecule has 1 aromatic heterocycles. The molecule has 7 heteroatoms. The monoisotopic (exact) mass is 253 g/mol.